The van der Waals surface area contributed by atoms with Crippen LogP contribution < -0.4 is 10.0 Å². The van der Waals surface area contributed by atoms with Crippen LogP contribution in [0.25, 0.3) is 11.3 Å². The molecule has 0 aliphatic carbocycles. The van der Waals surface area contributed by atoms with Crippen molar-refractivity contribution in [2.75, 3.05) is 42.9 Å². The van der Waals surface area contributed by atoms with Crippen molar-refractivity contribution in [3.63, 3.8) is 0 Å². The number of halogens is 1. The summed E-state index contributed by atoms with van der Waals surface area (Å²) in [6.07, 6.45) is 2.49. The number of hydrogen-bond acceptors (Lipinski definition) is 8. The molecule has 10 nitrogen and oxygen atoms in total. The van der Waals surface area contributed by atoms with Gasteiger partial charge >= 0.3 is 0 Å². The number of sulfonamides is 1. The summed E-state index contributed by atoms with van der Waals surface area (Å²) < 4.78 is 46.8. The van der Waals surface area contributed by atoms with Crippen molar-refractivity contribution in [2.24, 2.45) is 0 Å². The third-order valence-electron chi connectivity index (χ3n) is 6.27. The molecular weight excluding hydrogens is 549 g/mol. The van der Waals surface area contributed by atoms with Gasteiger partial charge in [0.25, 0.3) is 16.5 Å². The molecule has 3 aromatic carbocycles. The lowest BCUT2D eigenvalue weighted by Gasteiger charge is -2.26. The number of morpholine rings is 1. The van der Waals surface area contributed by atoms with Crippen LogP contribution in [0.3, 0.4) is 0 Å². The zero-order chi connectivity index (χ0) is 29.1. The normalized spacial score (nSPS) is 13.5. The van der Waals surface area contributed by atoms with E-state index in [0.717, 1.165) is 56.6 Å². The first-order chi connectivity index (χ1) is 19.9. The summed E-state index contributed by atoms with van der Waals surface area (Å²) in [6, 6.07) is 22.1. The van der Waals surface area contributed by atoms with Crippen LogP contribution in [0.15, 0.2) is 90.1 Å². The Balaban J connectivity index is 0.00000124. The van der Waals surface area contributed by atoms with E-state index in [4.69, 9.17) is 14.6 Å². The van der Waals surface area contributed by atoms with Gasteiger partial charge in [0.2, 0.25) is 0 Å². The molecule has 41 heavy (non-hydrogen) atoms. The fourth-order valence-corrected chi connectivity index (χ4v) is 5.32. The lowest BCUT2D eigenvalue weighted by Crippen LogP contribution is -2.37. The van der Waals surface area contributed by atoms with E-state index in [1.165, 1.54) is 30.1 Å². The second kappa shape index (κ2) is 14.3. The minimum Gasteiger partial charge on any atom is -0.483 e. The fraction of sp³-hybridized carbons (Fsp3) is 0.207. The van der Waals surface area contributed by atoms with Gasteiger partial charge in [-0.05, 0) is 48.4 Å². The molecule has 0 unspecified atom stereocenters. The van der Waals surface area contributed by atoms with Gasteiger partial charge in [-0.3, -0.25) is 14.4 Å². The van der Waals surface area contributed by atoms with Gasteiger partial charge in [0.1, 0.15) is 22.9 Å². The number of nitrogens with one attached hydrogen (secondary N) is 2. The lowest BCUT2D eigenvalue weighted by atomic mass is 10.1. The van der Waals surface area contributed by atoms with Gasteiger partial charge in [0, 0.05) is 42.6 Å². The summed E-state index contributed by atoms with van der Waals surface area (Å²) in [4.78, 5) is 19.1. The first kappa shape index (κ1) is 29.6. The van der Waals surface area contributed by atoms with Crippen LogP contribution in [-0.4, -0.2) is 67.7 Å². The third-order valence-corrected chi connectivity index (χ3v) is 7.69. The van der Waals surface area contributed by atoms with Gasteiger partial charge in [-0.2, -0.15) is 0 Å². The zero-order valence-corrected chi connectivity index (χ0v) is 22.9. The molecule has 3 N–H and O–H groups in total. The van der Waals surface area contributed by atoms with Crippen molar-refractivity contribution >= 4 is 33.7 Å². The molecule has 4 aromatic rings. The predicted molar refractivity (Wildman–Crippen MR) is 154 cm³/mol. The van der Waals surface area contributed by atoms with Crippen LogP contribution >= 0.6 is 0 Å². The molecule has 1 aliphatic heterocycles. The van der Waals surface area contributed by atoms with E-state index in [2.05, 4.69) is 49.2 Å². The van der Waals surface area contributed by atoms with Gasteiger partial charge in [0.05, 0.1) is 18.9 Å². The number of nitrogens with zero attached hydrogens (tertiary/aromatic N) is 3. The van der Waals surface area contributed by atoms with Crippen LogP contribution in [0.1, 0.15) is 5.56 Å². The van der Waals surface area contributed by atoms with Crippen LogP contribution in [-0.2, 0) is 26.0 Å². The average molecular weight is 580 g/mol. The predicted octanol–water partition coefficient (Wildman–Crippen LogP) is 4.40. The Morgan fingerprint density at radius 3 is 2.29 bits per heavy atom. The molecule has 0 bridgehead atoms. The summed E-state index contributed by atoms with van der Waals surface area (Å²) in [5.74, 6) is -0.202. The van der Waals surface area contributed by atoms with Crippen molar-refractivity contribution in [1.82, 2.24) is 14.9 Å². The second-order valence-corrected chi connectivity index (χ2v) is 10.7. The van der Waals surface area contributed by atoms with E-state index in [1.807, 2.05) is 6.07 Å². The van der Waals surface area contributed by atoms with Crippen molar-refractivity contribution in [3.8, 4) is 11.3 Å². The standard InChI is InChI=1S/C28H28FN5O3S.CH2O2/c29-25-3-1-2-4-27(25)38(35,36)33-24-11-9-23(10-12-24)32-28-19-26(30-20-31-28)22-7-5-21(6-8-22)13-14-34-15-17-37-18-16-34;2-1-3/h1-12,19-20,33H,13-18H2,(H,30,31,32);1H,(H,2,3). The van der Waals surface area contributed by atoms with Crippen LogP contribution in [0.5, 0.6) is 0 Å². The number of benzene rings is 3. The molecule has 1 aliphatic rings. The van der Waals surface area contributed by atoms with Crippen molar-refractivity contribution in [2.45, 2.75) is 11.3 Å². The van der Waals surface area contributed by atoms with E-state index in [-0.39, 0.29) is 6.47 Å². The van der Waals surface area contributed by atoms with Crippen LogP contribution in [0, 0.1) is 5.82 Å². The molecule has 1 fully saturated rings. The number of rotatable bonds is 9. The molecule has 1 saturated heterocycles. The Morgan fingerprint density at radius 1 is 0.951 bits per heavy atom. The molecule has 0 amide bonds. The highest BCUT2D eigenvalue weighted by Gasteiger charge is 2.18. The number of carboxylic acid groups (broad SMARTS) is 1. The number of anilines is 3. The summed E-state index contributed by atoms with van der Waals surface area (Å²) >= 11 is 0. The average Bonchev–Trinajstić information content (AvgIpc) is 2.98. The van der Waals surface area contributed by atoms with E-state index >= 15 is 0 Å². The van der Waals surface area contributed by atoms with E-state index < -0.39 is 20.7 Å². The largest absolute Gasteiger partial charge is 0.483 e. The summed E-state index contributed by atoms with van der Waals surface area (Å²) in [6.45, 7) is 4.36. The molecule has 0 spiro atoms. The molecule has 2 heterocycles. The smallest absolute Gasteiger partial charge is 0.290 e. The first-order valence-electron chi connectivity index (χ1n) is 12.8. The van der Waals surface area contributed by atoms with E-state index in [1.54, 1.807) is 24.3 Å². The fourth-order valence-electron chi connectivity index (χ4n) is 4.18. The first-order valence-corrected chi connectivity index (χ1v) is 14.3. The second-order valence-electron chi connectivity index (χ2n) is 9.03. The Labute approximate surface area is 237 Å². The van der Waals surface area contributed by atoms with Gasteiger partial charge < -0.3 is 15.2 Å². The summed E-state index contributed by atoms with van der Waals surface area (Å²) in [5, 5.41) is 10.1. The van der Waals surface area contributed by atoms with Gasteiger partial charge in [-0.25, -0.2) is 22.8 Å². The molecule has 5 rings (SSSR count). The lowest BCUT2D eigenvalue weighted by molar-refractivity contribution is -0.122. The van der Waals surface area contributed by atoms with Gasteiger partial charge in [-0.1, -0.05) is 36.4 Å². The highest BCUT2D eigenvalue weighted by molar-refractivity contribution is 7.92. The Morgan fingerprint density at radius 2 is 1.61 bits per heavy atom. The Hall–Kier alpha value is -4.39. The molecular formula is C29H30FN5O5S. The summed E-state index contributed by atoms with van der Waals surface area (Å²) in [7, 11) is -4.04. The van der Waals surface area contributed by atoms with Crippen molar-refractivity contribution < 1.29 is 27.4 Å². The van der Waals surface area contributed by atoms with E-state index in [9.17, 15) is 12.8 Å². The third kappa shape index (κ3) is 8.55. The SMILES string of the molecule is O=CO.O=S(=O)(Nc1ccc(Nc2cc(-c3ccc(CCN4CCOCC4)cc3)ncn2)cc1)c1ccccc1F. The number of carbonyl (C=O) groups is 1. The molecule has 0 saturated carbocycles. The molecule has 0 radical (unpaired) electrons. The van der Waals surface area contributed by atoms with Gasteiger partial charge in [-0.15, -0.1) is 0 Å². The molecule has 0 atom stereocenters. The molecule has 214 valence electrons. The Bertz CT molecular complexity index is 1530. The van der Waals surface area contributed by atoms with E-state index in [0.29, 0.717) is 17.2 Å². The topological polar surface area (TPSA) is 134 Å². The van der Waals surface area contributed by atoms with Gasteiger partial charge in [0.15, 0.2) is 0 Å². The van der Waals surface area contributed by atoms with Crippen molar-refractivity contribution in [3.05, 3.63) is 96.6 Å². The van der Waals surface area contributed by atoms with Crippen molar-refractivity contribution in [1.29, 1.82) is 0 Å². The maximum atomic E-state index is 13.9. The maximum Gasteiger partial charge on any atom is 0.290 e. The number of ether oxygens (including phenoxy) is 1. The monoisotopic (exact) mass is 579 g/mol. The Kier molecular flexibility index (Phi) is 10.3. The highest BCUT2D eigenvalue weighted by atomic mass is 32.2. The minimum absolute atomic E-state index is 0.250. The number of aromatic nitrogens is 2. The number of hydrogen-bond donors (Lipinski definition) is 3. The van der Waals surface area contributed by atoms with Crippen LogP contribution in [0.2, 0.25) is 0 Å². The quantitative estimate of drug-likeness (QED) is 0.247. The minimum atomic E-state index is -4.04. The van der Waals surface area contributed by atoms with Crippen LogP contribution in [0.4, 0.5) is 21.6 Å². The molecule has 12 heteroatoms. The zero-order valence-electron chi connectivity index (χ0n) is 22.1. The highest BCUT2D eigenvalue weighted by Crippen LogP contribution is 2.24. The molecule has 1 aromatic heterocycles. The maximum absolute atomic E-state index is 13.9. The summed E-state index contributed by atoms with van der Waals surface area (Å²) in [5.41, 5.74) is 4.08.